The minimum Gasteiger partial charge on any atom is -0.315 e. The first kappa shape index (κ1) is 16.3. The topological polar surface area (TPSA) is 20.3 Å². The van der Waals surface area contributed by atoms with Gasteiger partial charge in [0.15, 0.2) is 0 Å². The molecule has 0 aliphatic carbocycles. The van der Waals surface area contributed by atoms with Crippen LogP contribution in [0.3, 0.4) is 0 Å². The third-order valence-electron chi connectivity index (χ3n) is 3.94. The Hall–Kier alpha value is -2.09. The number of carbonyl (C=O) groups is 1. The molecule has 0 fully saturated rings. The fourth-order valence-electron chi connectivity index (χ4n) is 2.40. The minimum atomic E-state index is 0.106. The van der Waals surface area contributed by atoms with Crippen LogP contribution in [0, 0.1) is 6.92 Å². The van der Waals surface area contributed by atoms with E-state index >= 15 is 0 Å². The second kappa shape index (κ2) is 6.35. The number of nitrogens with zero attached hydrogens (tertiary/aromatic N) is 1. The van der Waals surface area contributed by atoms with Crippen LogP contribution in [0.25, 0.3) is 0 Å². The van der Waals surface area contributed by atoms with Crippen molar-refractivity contribution in [2.45, 2.75) is 39.5 Å². The molecule has 0 N–H and O–H groups in total. The summed E-state index contributed by atoms with van der Waals surface area (Å²) < 4.78 is 0. The summed E-state index contributed by atoms with van der Waals surface area (Å²) in [6.07, 6.45) is 0.425. The summed E-state index contributed by atoms with van der Waals surface area (Å²) in [5.41, 5.74) is 4.58. The highest BCUT2D eigenvalue weighted by Crippen LogP contribution is 2.22. The molecule has 2 nitrogen and oxygen atoms in total. The van der Waals surface area contributed by atoms with Crippen molar-refractivity contribution in [2.24, 2.45) is 0 Å². The van der Waals surface area contributed by atoms with E-state index in [1.807, 2.05) is 38.2 Å². The number of anilines is 1. The predicted molar refractivity (Wildman–Crippen MR) is 93.4 cm³/mol. The summed E-state index contributed by atoms with van der Waals surface area (Å²) in [5, 5.41) is 0. The first-order valence-electron chi connectivity index (χ1n) is 7.70. The minimum absolute atomic E-state index is 0.106. The number of likely N-dealkylation sites (N-methyl/N-ethyl adjacent to an activating group) is 1. The lowest BCUT2D eigenvalue weighted by Crippen LogP contribution is -2.27. The first-order chi connectivity index (χ1) is 10.3. The molecule has 0 spiro atoms. The molecule has 0 atom stereocenters. The quantitative estimate of drug-likeness (QED) is 0.816. The van der Waals surface area contributed by atoms with E-state index in [9.17, 15) is 4.79 Å². The lowest BCUT2D eigenvalue weighted by Gasteiger charge is -2.20. The monoisotopic (exact) mass is 295 g/mol. The maximum absolute atomic E-state index is 12.4. The molecule has 0 heterocycles. The second-order valence-electron chi connectivity index (χ2n) is 6.92. The van der Waals surface area contributed by atoms with E-state index in [0.29, 0.717) is 6.42 Å². The van der Waals surface area contributed by atoms with Crippen molar-refractivity contribution in [3.8, 4) is 0 Å². The van der Waals surface area contributed by atoms with Gasteiger partial charge in [-0.3, -0.25) is 4.79 Å². The van der Waals surface area contributed by atoms with Crippen LogP contribution in [0.4, 0.5) is 5.69 Å². The molecule has 2 heteroatoms. The molecule has 1 amide bonds. The van der Waals surface area contributed by atoms with E-state index in [-0.39, 0.29) is 11.3 Å². The van der Waals surface area contributed by atoms with Crippen LogP contribution in [-0.4, -0.2) is 13.0 Å². The summed E-state index contributed by atoms with van der Waals surface area (Å²) in [4.78, 5) is 14.2. The number of amides is 1. The third-order valence-corrected chi connectivity index (χ3v) is 3.94. The van der Waals surface area contributed by atoms with Crippen LogP contribution in [0.1, 0.15) is 37.5 Å². The molecule has 0 aliphatic rings. The standard InChI is InChI=1S/C20H25NO/c1-15-7-6-8-18(13-15)21(5)19(22)14-16-9-11-17(12-10-16)20(2,3)4/h6-13H,14H2,1-5H3. The fraction of sp³-hybridized carbons (Fsp3) is 0.350. The molecule has 0 bridgehead atoms. The van der Waals surface area contributed by atoms with Gasteiger partial charge in [0, 0.05) is 12.7 Å². The molecule has 0 aromatic heterocycles. The average Bonchev–Trinajstić information content (AvgIpc) is 2.46. The summed E-state index contributed by atoms with van der Waals surface area (Å²) in [6, 6.07) is 16.4. The van der Waals surface area contributed by atoms with Crippen molar-refractivity contribution in [1.82, 2.24) is 0 Å². The van der Waals surface area contributed by atoms with E-state index in [2.05, 4.69) is 45.0 Å². The number of hydrogen-bond donors (Lipinski definition) is 0. The fourth-order valence-corrected chi connectivity index (χ4v) is 2.40. The normalized spacial score (nSPS) is 11.3. The highest BCUT2D eigenvalue weighted by molar-refractivity contribution is 5.94. The zero-order chi connectivity index (χ0) is 16.3. The molecule has 22 heavy (non-hydrogen) atoms. The summed E-state index contributed by atoms with van der Waals surface area (Å²) in [6.45, 7) is 8.61. The number of aryl methyl sites for hydroxylation is 1. The Kier molecular flexibility index (Phi) is 4.70. The Labute approximate surface area is 133 Å². The van der Waals surface area contributed by atoms with Crippen molar-refractivity contribution >= 4 is 11.6 Å². The largest absolute Gasteiger partial charge is 0.315 e. The number of benzene rings is 2. The van der Waals surface area contributed by atoms with Gasteiger partial charge in [0.25, 0.3) is 0 Å². The van der Waals surface area contributed by atoms with Crippen molar-refractivity contribution in [2.75, 3.05) is 11.9 Å². The maximum atomic E-state index is 12.4. The smallest absolute Gasteiger partial charge is 0.231 e. The van der Waals surface area contributed by atoms with Gasteiger partial charge in [-0.1, -0.05) is 57.2 Å². The van der Waals surface area contributed by atoms with Gasteiger partial charge in [-0.15, -0.1) is 0 Å². The number of carbonyl (C=O) groups excluding carboxylic acids is 1. The summed E-state index contributed by atoms with van der Waals surface area (Å²) >= 11 is 0. The van der Waals surface area contributed by atoms with Gasteiger partial charge in [0.2, 0.25) is 5.91 Å². The molecule has 0 saturated carbocycles. The van der Waals surface area contributed by atoms with Crippen LogP contribution in [0.15, 0.2) is 48.5 Å². The van der Waals surface area contributed by atoms with Gasteiger partial charge in [0.05, 0.1) is 6.42 Å². The Morgan fingerprint density at radius 3 is 2.23 bits per heavy atom. The van der Waals surface area contributed by atoms with E-state index in [4.69, 9.17) is 0 Å². The molecule has 0 unspecified atom stereocenters. The van der Waals surface area contributed by atoms with Crippen molar-refractivity contribution in [3.63, 3.8) is 0 Å². The average molecular weight is 295 g/mol. The highest BCUT2D eigenvalue weighted by atomic mass is 16.2. The van der Waals surface area contributed by atoms with E-state index in [0.717, 1.165) is 16.8 Å². The summed E-state index contributed by atoms with van der Waals surface area (Å²) in [5.74, 6) is 0.106. The molecule has 0 aliphatic heterocycles. The SMILES string of the molecule is Cc1cccc(N(C)C(=O)Cc2ccc(C(C)(C)C)cc2)c1. The highest BCUT2D eigenvalue weighted by Gasteiger charge is 2.15. The van der Waals surface area contributed by atoms with Gasteiger partial charge in [-0.05, 0) is 41.2 Å². The van der Waals surface area contributed by atoms with Crippen molar-refractivity contribution in [1.29, 1.82) is 0 Å². The Bertz CT molecular complexity index is 650. The van der Waals surface area contributed by atoms with Crippen LogP contribution in [0.2, 0.25) is 0 Å². The molecule has 0 radical (unpaired) electrons. The zero-order valence-corrected chi connectivity index (χ0v) is 14.2. The van der Waals surface area contributed by atoms with E-state index < -0.39 is 0 Å². The van der Waals surface area contributed by atoms with Gasteiger partial charge < -0.3 is 4.90 Å². The number of hydrogen-bond acceptors (Lipinski definition) is 1. The van der Waals surface area contributed by atoms with Gasteiger partial charge in [-0.25, -0.2) is 0 Å². The predicted octanol–water partition coefficient (Wildman–Crippen LogP) is 4.50. The first-order valence-corrected chi connectivity index (χ1v) is 7.70. The van der Waals surface area contributed by atoms with Crippen LogP contribution in [-0.2, 0) is 16.6 Å². The van der Waals surface area contributed by atoms with Crippen LogP contribution >= 0.6 is 0 Å². The Morgan fingerprint density at radius 2 is 1.68 bits per heavy atom. The Morgan fingerprint density at radius 1 is 1.05 bits per heavy atom. The molecule has 2 aromatic rings. The maximum Gasteiger partial charge on any atom is 0.231 e. The zero-order valence-electron chi connectivity index (χ0n) is 14.2. The van der Waals surface area contributed by atoms with Crippen LogP contribution < -0.4 is 4.90 Å². The molecule has 116 valence electrons. The van der Waals surface area contributed by atoms with E-state index in [1.165, 1.54) is 5.56 Å². The van der Waals surface area contributed by atoms with Crippen molar-refractivity contribution in [3.05, 3.63) is 65.2 Å². The molecular formula is C20H25NO. The number of rotatable bonds is 3. The molecule has 2 aromatic carbocycles. The van der Waals surface area contributed by atoms with Gasteiger partial charge >= 0.3 is 0 Å². The van der Waals surface area contributed by atoms with Crippen LogP contribution in [0.5, 0.6) is 0 Å². The lowest BCUT2D eigenvalue weighted by atomic mass is 9.86. The van der Waals surface area contributed by atoms with E-state index in [1.54, 1.807) is 4.90 Å². The van der Waals surface area contributed by atoms with Crippen molar-refractivity contribution < 1.29 is 4.79 Å². The third kappa shape index (κ3) is 3.97. The van der Waals surface area contributed by atoms with Gasteiger partial charge in [-0.2, -0.15) is 0 Å². The van der Waals surface area contributed by atoms with Gasteiger partial charge in [0.1, 0.15) is 0 Å². The molecular weight excluding hydrogens is 270 g/mol. The summed E-state index contributed by atoms with van der Waals surface area (Å²) in [7, 11) is 1.83. The molecule has 0 saturated heterocycles. The lowest BCUT2D eigenvalue weighted by molar-refractivity contribution is -0.117. The second-order valence-corrected chi connectivity index (χ2v) is 6.92. The molecule has 2 rings (SSSR count). The Balaban J connectivity index is 2.08.